The number of nitrogens with one attached hydrogen (secondary N) is 2. The number of hydrogen-bond donors (Lipinski definition) is 2. The van der Waals surface area contributed by atoms with Gasteiger partial charge in [-0.15, -0.1) is 0 Å². The second kappa shape index (κ2) is 8.18. The standard InChI is InChI=1S/C19H27N3O2/c23-18(4-3-11-20-19(24)16-7-8-16)21-14-15-5-9-17(10-6-15)22-12-1-2-13-22/h5-6,9-10,16H,1-4,7-8,11-14H2,(H,20,24)(H,21,23). The van der Waals surface area contributed by atoms with Crippen LogP contribution in [0.3, 0.4) is 0 Å². The fraction of sp³-hybridized carbons (Fsp3) is 0.579. The number of anilines is 1. The van der Waals surface area contributed by atoms with E-state index in [1.807, 2.05) is 0 Å². The predicted octanol–water partition coefficient (Wildman–Crippen LogP) is 2.21. The Morgan fingerprint density at radius 2 is 1.75 bits per heavy atom. The van der Waals surface area contributed by atoms with Gasteiger partial charge >= 0.3 is 0 Å². The number of amides is 2. The Morgan fingerprint density at radius 1 is 1.04 bits per heavy atom. The minimum absolute atomic E-state index is 0.0410. The quantitative estimate of drug-likeness (QED) is 0.719. The molecule has 130 valence electrons. The van der Waals surface area contributed by atoms with Gasteiger partial charge in [-0.05, 0) is 49.8 Å². The number of carbonyl (C=O) groups is 2. The fourth-order valence-electron chi connectivity index (χ4n) is 3.04. The molecule has 0 bridgehead atoms. The van der Waals surface area contributed by atoms with Crippen molar-refractivity contribution in [3.05, 3.63) is 29.8 Å². The van der Waals surface area contributed by atoms with Crippen molar-refractivity contribution in [2.45, 2.75) is 45.1 Å². The van der Waals surface area contributed by atoms with Crippen molar-refractivity contribution in [1.29, 1.82) is 0 Å². The lowest BCUT2D eigenvalue weighted by atomic mass is 10.2. The van der Waals surface area contributed by atoms with Crippen molar-refractivity contribution in [3.8, 4) is 0 Å². The Hall–Kier alpha value is -2.04. The van der Waals surface area contributed by atoms with Crippen LogP contribution in [0.4, 0.5) is 5.69 Å². The van der Waals surface area contributed by atoms with E-state index in [2.05, 4.69) is 39.8 Å². The number of benzene rings is 1. The van der Waals surface area contributed by atoms with E-state index in [0.29, 0.717) is 25.9 Å². The molecule has 1 saturated carbocycles. The molecule has 5 heteroatoms. The average molecular weight is 329 g/mol. The lowest BCUT2D eigenvalue weighted by Gasteiger charge is -2.17. The molecule has 2 N–H and O–H groups in total. The van der Waals surface area contributed by atoms with Crippen LogP contribution < -0.4 is 15.5 Å². The Balaban J connectivity index is 1.31. The Morgan fingerprint density at radius 3 is 2.42 bits per heavy atom. The number of carbonyl (C=O) groups excluding carboxylic acids is 2. The van der Waals surface area contributed by atoms with Gasteiger partial charge in [0.1, 0.15) is 0 Å². The highest BCUT2D eigenvalue weighted by Crippen LogP contribution is 2.28. The Labute approximate surface area is 143 Å². The first-order valence-electron chi connectivity index (χ1n) is 9.11. The Bertz CT molecular complexity index is 560. The molecule has 0 spiro atoms. The van der Waals surface area contributed by atoms with E-state index in [4.69, 9.17) is 0 Å². The summed E-state index contributed by atoms with van der Waals surface area (Å²) in [5, 5.41) is 5.83. The van der Waals surface area contributed by atoms with E-state index in [1.54, 1.807) is 0 Å². The smallest absolute Gasteiger partial charge is 0.223 e. The molecule has 1 aliphatic carbocycles. The van der Waals surface area contributed by atoms with Crippen LogP contribution in [0.25, 0.3) is 0 Å². The van der Waals surface area contributed by atoms with E-state index in [9.17, 15) is 9.59 Å². The Kier molecular flexibility index (Phi) is 5.72. The maximum atomic E-state index is 11.9. The van der Waals surface area contributed by atoms with Crippen molar-refractivity contribution in [3.63, 3.8) is 0 Å². The number of hydrogen-bond acceptors (Lipinski definition) is 3. The summed E-state index contributed by atoms with van der Waals surface area (Å²) in [7, 11) is 0. The first kappa shape index (κ1) is 16.8. The monoisotopic (exact) mass is 329 g/mol. The highest BCUT2D eigenvalue weighted by atomic mass is 16.2. The summed E-state index contributed by atoms with van der Waals surface area (Å²) in [5.41, 5.74) is 2.39. The molecule has 2 fully saturated rings. The number of nitrogens with zero attached hydrogens (tertiary/aromatic N) is 1. The summed E-state index contributed by atoms with van der Waals surface area (Å²) in [5.74, 6) is 0.426. The van der Waals surface area contributed by atoms with Gasteiger partial charge < -0.3 is 15.5 Å². The van der Waals surface area contributed by atoms with Gasteiger partial charge in [-0.3, -0.25) is 9.59 Å². The molecule has 24 heavy (non-hydrogen) atoms. The van der Waals surface area contributed by atoms with Gasteiger partial charge in [0.05, 0.1) is 0 Å². The third-order valence-electron chi connectivity index (χ3n) is 4.73. The minimum Gasteiger partial charge on any atom is -0.372 e. The zero-order chi connectivity index (χ0) is 16.8. The molecule has 1 heterocycles. The second-order valence-electron chi connectivity index (χ2n) is 6.81. The summed E-state index contributed by atoms with van der Waals surface area (Å²) in [6, 6.07) is 8.45. The van der Waals surface area contributed by atoms with Crippen LogP contribution in [-0.2, 0) is 16.1 Å². The highest BCUT2D eigenvalue weighted by Gasteiger charge is 2.28. The summed E-state index contributed by atoms with van der Waals surface area (Å²) in [6.07, 6.45) is 5.73. The largest absolute Gasteiger partial charge is 0.372 e. The summed E-state index contributed by atoms with van der Waals surface area (Å²) in [4.78, 5) is 25.7. The molecule has 1 aliphatic heterocycles. The molecule has 0 aromatic heterocycles. The van der Waals surface area contributed by atoms with E-state index >= 15 is 0 Å². The zero-order valence-electron chi connectivity index (χ0n) is 14.2. The van der Waals surface area contributed by atoms with Gasteiger partial charge in [0.2, 0.25) is 11.8 Å². The van der Waals surface area contributed by atoms with Crippen molar-refractivity contribution in [2.75, 3.05) is 24.5 Å². The maximum Gasteiger partial charge on any atom is 0.223 e. The average Bonchev–Trinajstić information content (AvgIpc) is 3.32. The second-order valence-corrected chi connectivity index (χ2v) is 6.81. The van der Waals surface area contributed by atoms with Crippen molar-refractivity contribution in [2.24, 2.45) is 5.92 Å². The molecule has 1 aromatic carbocycles. The van der Waals surface area contributed by atoms with Crippen molar-refractivity contribution >= 4 is 17.5 Å². The summed E-state index contributed by atoms with van der Waals surface area (Å²) in [6.45, 7) is 3.45. The molecule has 1 saturated heterocycles. The van der Waals surface area contributed by atoms with Crippen LogP contribution >= 0.6 is 0 Å². The van der Waals surface area contributed by atoms with Crippen molar-refractivity contribution < 1.29 is 9.59 Å². The zero-order valence-corrected chi connectivity index (χ0v) is 14.2. The van der Waals surface area contributed by atoms with Crippen molar-refractivity contribution in [1.82, 2.24) is 10.6 Å². The van der Waals surface area contributed by atoms with Gasteiger partial charge in [-0.25, -0.2) is 0 Å². The molecule has 0 unspecified atom stereocenters. The van der Waals surface area contributed by atoms with Gasteiger partial charge in [0.15, 0.2) is 0 Å². The normalized spacial score (nSPS) is 16.9. The lowest BCUT2D eigenvalue weighted by Crippen LogP contribution is -2.28. The molecule has 0 atom stereocenters. The van der Waals surface area contributed by atoms with Crippen LogP contribution in [0.1, 0.15) is 44.1 Å². The first-order chi connectivity index (χ1) is 11.7. The van der Waals surface area contributed by atoms with Gasteiger partial charge in [-0.1, -0.05) is 12.1 Å². The minimum atomic E-state index is 0.0410. The molecular formula is C19H27N3O2. The maximum absolute atomic E-state index is 11.9. The van der Waals surface area contributed by atoms with E-state index in [-0.39, 0.29) is 17.7 Å². The van der Waals surface area contributed by atoms with Gasteiger partial charge in [-0.2, -0.15) is 0 Å². The van der Waals surface area contributed by atoms with E-state index < -0.39 is 0 Å². The molecule has 5 nitrogen and oxygen atoms in total. The van der Waals surface area contributed by atoms with Crippen LogP contribution in [-0.4, -0.2) is 31.4 Å². The topological polar surface area (TPSA) is 61.4 Å². The lowest BCUT2D eigenvalue weighted by molar-refractivity contribution is -0.123. The van der Waals surface area contributed by atoms with Gasteiger partial charge in [0, 0.05) is 44.2 Å². The predicted molar refractivity (Wildman–Crippen MR) is 94.7 cm³/mol. The highest BCUT2D eigenvalue weighted by molar-refractivity contribution is 5.81. The summed E-state index contributed by atoms with van der Waals surface area (Å²) >= 11 is 0. The molecule has 1 aromatic rings. The molecule has 3 rings (SSSR count). The van der Waals surface area contributed by atoms with E-state index in [0.717, 1.165) is 31.5 Å². The van der Waals surface area contributed by atoms with Crippen LogP contribution in [0.2, 0.25) is 0 Å². The van der Waals surface area contributed by atoms with E-state index in [1.165, 1.54) is 18.5 Å². The SMILES string of the molecule is O=C(CCCNC(=O)C1CC1)NCc1ccc(N2CCCC2)cc1. The van der Waals surface area contributed by atoms with Gasteiger partial charge in [0.25, 0.3) is 0 Å². The molecule has 2 amide bonds. The third kappa shape index (κ3) is 4.98. The van der Waals surface area contributed by atoms with Crippen LogP contribution in [0.15, 0.2) is 24.3 Å². The van der Waals surface area contributed by atoms with Crippen LogP contribution in [0.5, 0.6) is 0 Å². The summed E-state index contributed by atoms with van der Waals surface area (Å²) < 4.78 is 0. The third-order valence-corrected chi connectivity index (χ3v) is 4.73. The molecule has 0 radical (unpaired) electrons. The fourth-order valence-corrected chi connectivity index (χ4v) is 3.04. The first-order valence-corrected chi connectivity index (χ1v) is 9.11. The van der Waals surface area contributed by atoms with Crippen LogP contribution in [0, 0.1) is 5.92 Å². The number of rotatable bonds is 8. The molecular weight excluding hydrogens is 302 g/mol. The molecule has 2 aliphatic rings.